The van der Waals surface area contributed by atoms with Gasteiger partial charge in [-0.25, -0.2) is 8.61 Å². The molecule has 0 atom stereocenters. The van der Waals surface area contributed by atoms with Gasteiger partial charge in [0.1, 0.15) is 0 Å². The first kappa shape index (κ1) is 17.4. The summed E-state index contributed by atoms with van der Waals surface area (Å²) < 4.78 is 4.79. The molecule has 0 fully saturated rings. The zero-order chi connectivity index (χ0) is 15.6. The summed E-state index contributed by atoms with van der Waals surface area (Å²) in [5.74, 6) is 0. The van der Waals surface area contributed by atoms with Gasteiger partial charge in [0.05, 0.1) is 0 Å². The topological polar surface area (TPSA) is 6.48 Å². The van der Waals surface area contributed by atoms with Crippen molar-refractivity contribution < 1.29 is 0 Å². The van der Waals surface area contributed by atoms with E-state index in [0.717, 1.165) is 26.2 Å². The van der Waals surface area contributed by atoms with Crippen LogP contribution in [0.4, 0.5) is 0 Å². The molecule has 0 bridgehead atoms. The van der Waals surface area contributed by atoms with E-state index in [-0.39, 0.29) is 0 Å². The standard InChI is InChI=1S/C18H24N2S2/c1-3-19(15-17-11-7-5-8-12-17)21-22-20(4-2)16-18-13-9-6-10-14-18/h5-14H,3-4,15-16H2,1-2H3. The van der Waals surface area contributed by atoms with Gasteiger partial charge in [-0.05, 0) is 11.1 Å². The van der Waals surface area contributed by atoms with Crippen molar-refractivity contribution in [2.75, 3.05) is 13.1 Å². The molecule has 0 spiro atoms. The van der Waals surface area contributed by atoms with Gasteiger partial charge in [0.2, 0.25) is 0 Å². The van der Waals surface area contributed by atoms with Crippen LogP contribution in [0.25, 0.3) is 0 Å². The van der Waals surface area contributed by atoms with Crippen LogP contribution in [0.1, 0.15) is 25.0 Å². The molecule has 0 radical (unpaired) electrons. The van der Waals surface area contributed by atoms with Gasteiger partial charge in [-0.2, -0.15) is 0 Å². The third-order valence-corrected chi connectivity index (χ3v) is 6.08. The molecule has 4 heteroatoms. The van der Waals surface area contributed by atoms with E-state index in [2.05, 4.69) is 83.1 Å². The van der Waals surface area contributed by atoms with Gasteiger partial charge in [0.25, 0.3) is 0 Å². The Morgan fingerprint density at radius 2 is 1.00 bits per heavy atom. The molecule has 0 aromatic heterocycles. The van der Waals surface area contributed by atoms with Crippen molar-refractivity contribution in [2.45, 2.75) is 26.9 Å². The maximum Gasteiger partial charge on any atom is 0.0348 e. The number of nitrogens with zero attached hydrogens (tertiary/aromatic N) is 2. The maximum absolute atomic E-state index is 2.40. The minimum atomic E-state index is 0.984. The monoisotopic (exact) mass is 332 g/mol. The van der Waals surface area contributed by atoms with Crippen LogP contribution in [0, 0.1) is 0 Å². The Kier molecular flexibility index (Phi) is 7.88. The van der Waals surface area contributed by atoms with Crippen LogP contribution in [0.2, 0.25) is 0 Å². The third-order valence-electron chi connectivity index (χ3n) is 3.35. The lowest BCUT2D eigenvalue weighted by molar-refractivity contribution is 0.487. The quantitative estimate of drug-likeness (QED) is 0.457. The van der Waals surface area contributed by atoms with E-state index in [9.17, 15) is 0 Å². The van der Waals surface area contributed by atoms with Crippen LogP contribution in [0.15, 0.2) is 60.7 Å². The second-order valence-electron chi connectivity index (χ2n) is 5.03. The smallest absolute Gasteiger partial charge is 0.0348 e. The molecular formula is C18H24N2S2. The van der Waals surface area contributed by atoms with E-state index in [1.165, 1.54) is 11.1 Å². The first-order valence-corrected chi connectivity index (χ1v) is 9.80. The fourth-order valence-corrected chi connectivity index (χ4v) is 4.37. The molecule has 22 heavy (non-hydrogen) atoms. The highest BCUT2D eigenvalue weighted by Gasteiger charge is 2.10. The number of benzene rings is 2. The van der Waals surface area contributed by atoms with E-state index in [1.807, 2.05) is 22.0 Å². The Labute approximate surface area is 142 Å². The first-order chi connectivity index (χ1) is 10.8. The molecule has 0 aliphatic rings. The summed E-state index contributed by atoms with van der Waals surface area (Å²) in [4.78, 5) is 0. The van der Waals surface area contributed by atoms with Crippen molar-refractivity contribution in [3.63, 3.8) is 0 Å². The van der Waals surface area contributed by atoms with Crippen LogP contribution >= 0.6 is 22.0 Å². The van der Waals surface area contributed by atoms with Gasteiger partial charge in [0.15, 0.2) is 0 Å². The fraction of sp³-hybridized carbons (Fsp3) is 0.333. The van der Waals surface area contributed by atoms with Crippen LogP contribution in [0.3, 0.4) is 0 Å². The predicted molar refractivity (Wildman–Crippen MR) is 100 cm³/mol. The second kappa shape index (κ2) is 9.95. The van der Waals surface area contributed by atoms with E-state index in [0.29, 0.717) is 0 Å². The number of rotatable bonds is 9. The molecule has 2 rings (SSSR count). The average Bonchev–Trinajstić information content (AvgIpc) is 2.59. The summed E-state index contributed by atoms with van der Waals surface area (Å²) in [5.41, 5.74) is 2.73. The normalized spacial score (nSPS) is 11.3. The van der Waals surface area contributed by atoms with Crippen LogP contribution in [-0.2, 0) is 13.1 Å². The number of hydrogen-bond donors (Lipinski definition) is 0. The summed E-state index contributed by atoms with van der Waals surface area (Å²) in [5, 5.41) is 0. The minimum Gasteiger partial charge on any atom is -0.236 e. The Morgan fingerprint density at radius 3 is 1.32 bits per heavy atom. The van der Waals surface area contributed by atoms with E-state index < -0.39 is 0 Å². The second-order valence-corrected chi connectivity index (χ2v) is 7.26. The van der Waals surface area contributed by atoms with Crippen molar-refractivity contribution in [2.24, 2.45) is 0 Å². The van der Waals surface area contributed by atoms with Crippen molar-refractivity contribution in [3.8, 4) is 0 Å². The van der Waals surface area contributed by atoms with Crippen molar-refractivity contribution in [1.29, 1.82) is 0 Å². The molecule has 2 aromatic carbocycles. The molecule has 2 nitrogen and oxygen atoms in total. The molecule has 0 N–H and O–H groups in total. The molecule has 0 saturated carbocycles. The summed E-state index contributed by atoms with van der Waals surface area (Å²) >= 11 is 0. The third kappa shape index (κ3) is 6.05. The highest BCUT2D eigenvalue weighted by molar-refractivity contribution is 8.74. The molecule has 0 amide bonds. The number of hydrogen-bond acceptors (Lipinski definition) is 4. The largest absolute Gasteiger partial charge is 0.236 e. The first-order valence-electron chi connectivity index (χ1n) is 7.74. The van der Waals surface area contributed by atoms with E-state index in [4.69, 9.17) is 0 Å². The maximum atomic E-state index is 2.40. The zero-order valence-electron chi connectivity index (χ0n) is 13.3. The van der Waals surface area contributed by atoms with Crippen molar-refractivity contribution in [1.82, 2.24) is 8.61 Å². The van der Waals surface area contributed by atoms with Crippen molar-refractivity contribution in [3.05, 3.63) is 71.8 Å². The van der Waals surface area contributed by atoms with E-state index >= 15 is 0 Å². The van der Waals surface area contributed by atoms with Gasteiger partial charge in [-0.3, -0.25) is 0 Å². The van der Waals surface area contributed by atoms with Crippen LogP contribution in [0.5, 0.6) is 0 Å². The molecule has 2 aromatic rings. The Morgan fingerprint density at radius 1 is 0.636 bits per heavy atom. The SMILES string of the molecule is CCN(Cc1ccccc1)SSN(CC)Cc1ccccc1. The lowest BCUT2D eigenvalue weighted by Crippen LogP contribution is -2.18. The molecule has 0 unspecified atom stereocenters. The Balaban J connectivity index is 1.83. The van der Waals surface area contributed by atoms with Gasteiger partial charge >= 0.3 is 0 Å². The molecule has 0 aliphatic carbocycles. The molecule has 118 valence electrons. The lowest BCUT2D eigenvalue weighted by Gasteiger charge is -2.23. The molecule has 0 saturated heterocycles. The van der Waals surface area contributed by atoms with Gasteiger partial charge in [-0.1, -0.05) is 74.5 Å². The van der Waals surface area contributed by atoms with Crippen LogP contribution < -0.4 is 0 Å². The Hall–Kier alpha value is -0.940. The van der Waals surface area contributed by atoms with Crippen molar-refractivity contribution >= 4 is 22.0 Å². The predicted octanol–water partition coefficient (Wildman–Crippen LogP) is 5.24. The highest BCUT2D eigenvalue weighted by Crippen LogP contribution is 2.31. The van der Waals surface area contributed by atoms with E-state index in [1.54, 1.807) is 0 Å². The summed E-state index contributed by atoms with van der Waals surface area (Å²) in [6, 6.07) is 21.3. The summed E-state index contributed by atoms with van der Waals surface area (Å²) in [6.07, 6.45) is 0. The van der Waals surface area contributed by atoms with Gasteiger partial charge in [-0.15, -0.1) is 0 Å². The fourth-order valence-electron chi connectivity index (χ4n) is 2.05. The zero-order valence-corrected chi connectivity index (χ0v) is 14.9. The lowest BCUT2D eigenvalue weighted by atomic mass is 10.2. The summed E-state index contributed by atoms with van der Waals surface area (Å²) in [6.45, 7) is 8.47. The molecule has 0 heterocycles. The Bertz CT molecular complexity index is 470. The molecular weight excluding hydrogens is 308 g/mol. The van der Waals surface area contributed by atoms with Gasteiger partial charge < -0.3 is 0 Å². The van der Waals surface area contributed by atoms with Gasteiger partial charge in [0, 0.05) is 48.1 Å². The highest BCUT2D eigenvalue weighted by atomic mass is 33.1. The molecule has 0 aliphatic heterocycles. The van der Waals surface area contributed by atoms with Crippen LogP contribution in [-0.4, -0.2) is 21.7 Å². The summed E-state index contributed by atoms with van der Waals surface area (Å²) in [7, 11) is 3.69. The average molecular weight is 333 g/mol. The minimum absolute atomic E-state index is 0.984.